The molecule has 0 fully saturated rings. The molecular formula is C49H33N3O2. The van der Waals surface area contributed by atoms with Crippen LogP contribution in [0.3, 0.4) is 0 Å². The molecule has 0 saturated carbocycles. The maximum Gasteiger partial charge on any atom is 0.161 e. The van der Waals surface area contributed by atoms with Gasteiger partial charge in [0, 0.05) is 56.8 Å². The molecule has 0 N–H and O–H groups in total. The van der Waals surface area contributed by atoms with Crippen LogP contribution in [0.15, 0.2) is 173 Å². The van der Waals surface area contributed by atoms with Crippen LogP contribution in [0.1, 0.15) is 25.0 Å². The van der Waals surface area contributed by atoms with E-state index in [-0.39, 0.29) is 5.41 Å². The van der Waals surface area contributed by atoms with E-state index in [9.17, 15) is 0 Å². The number of hydrogen-bond donors (Lipinski definition) is 0. The third-order valence-electron chi connectivity index (χ3n) is 11.2. The van der Waals surface area contributed by atoms with E-state index in [0.29, 0.717) is 0 Å². The summed E-state index contributed by atoms with van der Waals surface area (Å²) in [6.07, 6.45) is 3.74. The lowest BCUT2D eigenvalue weighted by molar-refractivity contribution is 0.660. The molecule has 0 bridgehead atoms. The summed E-state index contributed by atoms with van der Waals surface area (Å²) in [5.41, 5.74) is 17.6. The minimum absolute atomic E-state index is 0.0718. The van der Waals surface area contributed by atoms with Crippen LogP contribution in [0.25, 0.3) is 77.5 Å². The predicted octanol–water partition coefficient (Wildman–Crippen LogP) is 13.4. The lowest BCUT2D eigenvalue weighted by Crippen LogP contribution is -2.15. The third kappa shape index (κ3) is 4.51. The standard InChI is InChI=1S/C49H33N3O2/c1-49(2)41-12-6-3-9-37(41)40-29-34(23-24-42(40)49)52(32-19-15-30(16-20-32)35-25-27-50-45-38-10-4-7-13-43(38)53-47(35)45)33-21-17-31(18-22-33)36-26-28-51-46-39-11-5-8-14-44(39)54-48(36)46/h3-29H,1-2H3. The Morgan fingerprint density at radius 2 is 0.926 bits per heavy atom. The molecule has 4 aromatic heterocycles. The SMILES string of the molecule is CC1(C)c2ccccc2-c2cc(N(c3ccc(-c4ccnc5c4oc4ccccc45)cc3)c3ccc(-c4ccnc5c4oc4ccccc45)cc3)ccc21. The van der Waals surface area contributed by atoms with Gasteiger partial charge in [0.05, 0.1) is 0 Å². The van der Waals surface area contributed by atoms with E-state index in [1.165, 1.54) is 22.3 Å². The van der Waals surface area contributed by atoms with E-state index in [0.717, 1.165) is 83.5 Å². The lowest BCUT2D eigenvalue weighted by Gasteiger charge is -2.27. The highest BCUT2D eigenvalue weighted by atomic mass is 16.3. The van der Waals surface area contributed by atoms with Gasteiger partial charge in [0.25, 0.3) is 0 Å². The molecule has 0 saturated heterocycles. The molecule has 0 spiro atoms. The van der Waals surface area contributed by atoms with E-state index >= 15 is 0 Å². The van der Waals surface area contributed by atoms with Gasteiger partial charge in [0.1, 0.15) is 22.2 Å². The quantitative estimate of drug-likeness (QED) is 0.179. The molecule has 1 aliphatic carbocycles. The first-order valence-electron chi connectivity index (χ1n) is 18.3. The number of hydrogen-bond acceptors (Lipinski definition) is 5. The molecule has 1 aliphatic rings. The maximum absolute atomic E-state index is 6.35. The van der Waals surface area contributed by atoms with Crippen LogP contribution in [0.5, 0.6) is 0 Å². The van der Waals surface area contributed by atoms with Gasteiger partial charge in [-0.25, -0.2) is 0 Å². The van der Waals surface area contributed by atoms with Gasteiger partial charge in [0.15, 0.2) is 11.2 Å². The molecular weight excluding hydrogens is 663 g/mol. The molecule has 4 heterocycles. The second-order valence-corrected chi connectivity index (χ2v) is 14.6. The number of rotatable bonds is 5. The summed E-state index contributed by atoms with van der Waals surface area (Å²) in [5, 5.41) is 2.05. The van der Waals surface area contributed by atoms with Gasteiger partial charge in [-0.2, -0.15) is 0 Å². The largest absolute Gasteiger partial charge is 0.454 e. The first-order valence-corrected chi connectivity index (χ1v) is 18.3. The van der Waals surface area contributed by atoms with Gasteiger partial charge in [0.2, 0.25) is 0 Å². The Bertz CT molecular complexity index is 2920. The van der Waals surface area contributed by atoms with E-state index in [1.807, 2.05) is 60.9 Å². The zero-order valence-electron chi connectivity index (χ0n) is 29.7. The molecule has 5 heteroatoms. The van der Waals surface area contributed by atoms with Gasteiger partial charge in [-0.1, -0.05) is 92.7 Å². The van der Waals surface area contributed by atoms with Crippen molar-refractivity contribution < 1.29 is 8.83 Å². The third-order valence-corrected chi connectivity index (χ3v) is 11.2. The van der Waals surface area contributed by atoms with Crippen molar-refractivity contribution in [1.29, 1.82) is 0 Å². The maximum atomic E-state index is 6.35. The Morgan fingerprint density at radius 3 is 1.50 bits per heavy atom. The number of pyridine rings is 2. The number of fused-ring (bicyclic) bond motifs is 9. The van der Waals surface area contributed by atoms with E-state index in [4.69, 9.17) is 8.83 Å². The van der Waals surface area contributed by atoms with Gasteiger partial charge in [-0.05, 0) is 106 Å². The molecule has 6 aromatic carbocycles. The summed E-state index contributed by atoms with van der Waals surface area (Å²) < 4.78 is 12.7. The van der Waals surface area contributed by atoms with Gasteiger partial charge >= 0.3 is 0 Å². The zero-order valence-corrected chi connectivity index (χ0v) is 29.7. The highest BCUT2D eigenvalue weighted by Crippen LogP contribution is 2.51. The van der Waals surface area contributed by atoms with Crippen molar-refractivity contribution in [2.24, 2.45) is 0 Å². The smallest absolute Gasteiger partial charge is 0.161 e. The van der Waals surface area contributed by atoms with Crippen molar-refractivity contribution in [3.8, 4) is 33.4 Å². The Labute approximate surface area is 311 Å². The van der Waals surface area contributed by atoms with E-state index in [1.54, 1.807) is 0 Å². The van der Waals surface area contributed by atoms with Crippen molar-refractivity contribution in [3.05, 3.63) is 175 Å². The summed E-state index contributed by atoms with van der Waals surface area (Å²) in [4.78, 5) is 11.7. The molecule has 0 radical (unpaired) electrons. The highest BCUT2D eigenvalue weighted by Gasteiger charge is 2.35. The van der Waals surface area contributed by atoms with E-state index < -0.39 is 0 Å². The minimum atomic E-state index is -0.0718. The van der Waals surface area contributed by atoms with E-state index in [2.05, 4.69) is 132 Å². The molecule has 0 aliphatic heterocycles. The first-order chi connectivity index (χ1) is 26.5. The number of furan rings is 2. The average Bonchev–Trinajstić information content (AvgIpc) is 3.87. The summed E-state index contributed by atoms with van der Waals surface area (Å²) in [7, 11) is 0. The second-order valence-electron chi connectivity index (χ2n) is 14.6. The molecule has 256 valence electrons. The number of para-hydroxylation sites is 2. The fourth-order valence-corrected chi connectivity index (χ4v) is 8.54. The van der Waals surface area contributed by atoms with Crippen molar-refractivity contribution in [1.82, 2.24) is 9.97 Å². The predicted molar refractivity (Wildman–Crippen MR) is 220 cm³/mol. The molecule has 5 nitrogen and oxygen atoms in total. The molecule has 0 amide bonds. The van der Waals surface area contributed by atoms with Crippen molar-refractivity contribution >= 4 is 61.2 Å². The van der Waals surface area contributed by atoms with Gasteiger partial charge < -0.3 is 13.7 Å². The molecule has 10 aromatic rings. The number of anilines is 3. The van der Waals surface area contributed by atoms with Crippen molar-refractivity contribution in [2.45, 2.75) is 19.3 Å². The first kappa shape index (κ1) is 30.6. The summed E-state index contributed by atoms with van der Waals surface area (Å²) in [6.45, 7) is 4.64. The number of nitrogens with zero attached hydrogens (tertiary/aromatic N) is 3. The number of aromatic nitrogens is 2. The van der Waals surface area contributed by atoms with Crippen LogP contribution in [0.2, 0.25) is 0 Å². The van der Waals surface area contributed by atoms with Crippen LogP contribution < -0.4 is 4.90 Å². The fourth-order valence-electron chi connectivity index (χ4n) is 8.54. The summed E-state index contributed by atoms with van der Waals surface area (Å²) in [5.74, 6) is 0. The van der Waals surface area contributed by atoms with Crippen LogP contribution in [-0.2, 0) is 5.41 Å². The molecule has 11 rings (SSSR count). The van der Waals surface area contributed by atoms with Crippen LogP contribution in [0, 0.1) is 0 Å². The molecule has 0 atom stereocenters. The van der Waals surface area contributed by atoms with Gasteiger partial charge in [-0.3, -0.25) is 9.97 Å². The van der Waals surface area contributed by atoms with Gasteiger partial charge in [-0.15, -0.1) is 0 Å². The summed E-state index contributed by atoms with van der Waals surface area (Å²) in [6, 6.07) is 53.5. The second kappa shape index (κ2) is 11.5. The monoisotopic (exact) mass is 695 g/mol. The Kier molecular flexibility index (Phi) is 6.53. The molecule has 0 unspecified atom stereocenters. The highest BCUT2D eigenvalue weighted by molar-refractivity contribution is 6.08. The fraction of sp³-hybridized carbons (Fsp3) is 0.0612. The minimum Gasteiger partial charge on any atom is -0.454 e. The van der Waals surface area contributed by atoms with Crippen molar-refractivity contribution in [2.75, 3.05) is 4.90 Å². The Hall–Kier alpha value is -6.98. The Balaban J connectivity index is 1.04. The number of benzene rings is 6. The lowest BCUT2D eigenvalue weighted by atomic mass is 9.82. The normalized spacial score (nSPS) is 13.1. The van der Waals surface area contributed by atoms with Crippen LogP contribution in [-0.4, -0.2) is 9.97 Å². The zero-order chi connectivity index (χ0) is 36.0. The topological polar surface area (TPSA) is 55.3 Å². The average molecular weight is 696 g/mol. The van der Waals surface area contributed by atoms with Crippen molar-refractivity contribution in [3.63, 3.8) is 0 Å². The Morgan fingerprint density at radius 1 is 0.444 bits per heavy atom. The summed E-state index contributed by atoms with van der Waals surface area (Å²) >= 11 is 0. The molecule has 54 heavy (non-hydrogen) atoms. The van der Waals surface area contributed by atoms with Crippen LogP contribution in [0.4, 0.5) is 17.1 Å². The van der Waals surface area contributed by atoms with Crippen LogP contribution >= 0.6 is 0 Å².